The summed E-state index contributed by atoms with van der Waals surface area (Å²) in [4.78, 5) is 35.3. The van der Waals surface area contributed by atoms with Crippen LogP contribution in [0.15, 0.2) is 33.5 Å². The molecule has 3 aromatic rings. The van der Waals surface area contributed by atoms with Crippen LogP contribution in [-0.2, 0) is 22.6 Å². The lowest BCUT2D eigenvalue weighted by molar-refractivity contribution is 0.0393. The van der Waals surface area contributed by atoms with Crippen LogP contribution in [0, 0.1) is 6.92 Å². The summed E-state index contributed by atoms with van der Waals surface area (Å²) in [6.07, 6.45) is 0. The molecule has 0 aliphatic carbocycles. The van der Waals surface area contributed by atoms with Crippen molar-refractivity contribution in [2.75, 3.05) is 27.4 Å². The number of hydrogen-bond acceptors (Lipinski definition) is 7. The van der Waals surface area contributed by atoms with E-state index >= 15 is 0 Å². The number of aromatic amines is 1. The van der Waals surface area contributed by atoms with Crippen LogP contribution in [0.5, 0.6) is 0 Å². The molecule has 9 heteroatoms. The zero-order valence-electron chi connectivity index (χ0n) is 16.5. The monoisotopic (exact) mass is 479 g/mol. The number of rotatable bonds is 8. The number of methoxy groups -OCH3 is 1. The molecule has 0 atom stereocenters. The quantitative estimate of drug-likeness (QED) is 0.393. The van der Waals surface area contributed by atoms with Gasteiger partial charge in [0.05, 0.1) is 18.5 Å². The number of nitrogens with one attached hydrogen (secondary N) is 1. The molecule has 0 aliphatic heterocycles. The average molecular weight is 480 g/mol. The average Bonchev–Trinajstić information content (AvgIpc) is 3.00. The lowest BCUT2D eigenvalue weighted by atomic mass is 10.2. The zero-order valence-corrected chi connectivity index (χ0v) is 18.9. The Hall–Kier alpha value is -2.07. The molecular formula is C20H22BrN3O4S. The molecule has 0 amide bonds. The molecule has 3 rings (SSSR count). The van der Waals surface area contributed by atoms with Gasteiger partial charge in [0.2, 0.25) is 0 Å². The first-order chi connectivity index (χ1) is 13.9. The Morgan fingerprint density at radius 2 is 1.97 bits per heavy atom. The van der Waals surface area contributed by atoms with Gasteiger partial charge >= 0.3 is 5.97 Å². The van der Waals surface area contributed by atoms with Gasteiger partial charge < -0.3 is 14.5 Å². The van der Waals surface area contributed by atoms with Crippen LogP contribution in [0.2, 0.25) is 0 Å². The number of fused-ring (bicyclic) bond motifs is 1. The minimum atomic E-state index is -0.462. The van der Waals surface area contributed by atoms with Crippen molar-refractivity contribution >= 4 is 43.5 Å². The van der Waals surface area contributed by atoms with E-state index < -0.39 is 5.97 Å². The first-order valence-corrected chi connectivity index (χ1v) is 10.6. The summed E-state index contributed by atoms with van der Waals surface area (Å²) in [7, 11) is 3.50. The molecule has 2 heterocycles. The van der Waals surface area contributed by atoms with Gasteiger partial charge in [0, 0.05) is 18.1 Å². The fraction of sp³-hybridized carbons (Fsp3) is 0.350. The Kier molecular flexibility index (Phi) is 7.18. The van der Waals surface area contributed by atoms with Gasteiger partial charge in [0.25, 0.3) is 5.56 Å². The van der Waals surface area contributed by atoms with Crippen LogP contribution in [-0.4, -0.2) is 48.2 Å². The predicted molar refractivity (Wildman–Crippen MR) is 116 cm³/mol. The summed E-state index contributed by atoms with van der Waals surface area (Å²) in [5, 5.41) is 0.438. The van der Waals surface area contributed by atoms with Gasteiger partial charge in [-0.25, -0.2) is 9.78 Å². The number of halogens is 1. The number of nitrogens with zero attached hydrogens (tertiary/aromatic N) is 2. The maximum Gasteiger partial charge on any atom is 0.348 e. The number of hydrogen-bond donors (Lipinski definition) is 1. The van der Waals surface area contributed by atoms with Crippen molar-refractivity contribution in [2.45, 2.75) is 20.0 Å². The lowest BCUT2D eigenvalue weighted by Crippen LogP contribution is -2.21. The molecule has 2 aromatic heterocycles. The highest BCUT2D eigenvalue weighted by Gasteiger charge is 2.20. The minimum absolute atomic E-state index is 0.166. The Balaban J connectivity index is 1.78. The van der Waals surface area contributed by atoms with E-state index in [1.54, 1.807) is 6.92 Å². The number of aryl methyl sites for hydroxylation is 1. The van der Waals surface area contributed by atoms with E-state index in [9.17, 15) is 9.59 Å². The topological polar surface area (TPSA) is 84.5 Å². The second kappa shape index (κ2) is 9.62. The number of H-pyrrole nitrogens is 1. The van der Waals surface area contributed by atoms with Crippen molar-refractivity contribution in [2.24, 2.45) is 0 Å². The number of ether oxygens (including phenoxy) is 2. The van der Waals surface area contributed by atoms with E-state index in [1.165, 1.54) is 18.4 Å². The molecule has 154 valence electrons. The summed E-state index contributed by atoms with van der Waals surface area (Å²) < 4.78 is 11.1. The van der Waals surface area contributed by atoms with Gasteiger partial charge in [-0.1, -0.05) is 28.1 Å². The zero-order chi connectivity index (χ0) is 21.0. The van der Waals surface area contributed by atoms with Crippen molar-refractivity contribution in [3.8, 4) is 0 Å². The van der Waals surface area contributed by atoms with E-state index in [4.69, 9.17) is 9.47 Å². The predicted octanol–water partition coefficient (Wildman–Crippen LogP) is 3.49. The molecule has 7 nitrogen and oxygen atoms in total. The summed E-state index contributed by atoms with van der Waals surface area (Å²) in [6.45, 7) is 3.42. The Morgan fingerprint density at radius 1 is 1.24 bits per heavy atom. The van der Waals surface area contributed by atoms with Crippen molar-refractivity contribution < 1.29 is 14.3 Å². The van der Waals surface area contributed by atoms with Crippen LogP contribution >= 0.6 is 27.3 Å². The largest absolute Gasteiger partial charge is 0.459 e. The summed E-state index contributed by atoms with van der Waals surface area (Å²) >= 11 is 4.61. The normalized spacial score (nSPS) is 11.3. The molecule has 0 spiro atoms. The van der Waals surface area contributed by atoms with Crippen LogP contribution in [0.1, 0.15) is 26.6 Å². The Labute approximate surface area is 180 Å². The maximum atomic E-state index is 12.6. The number of benzene rings is 1. The highest BCUT2D eigenvalue weighted by molar-refractivity contribution is 9.10. The highest BCUT2D eigenvalue weighted by atomic mass is 79.9. The number of aromatic nitrogens is 2. The van der Waals surface area contributed by atoms with Crippen molar-refractivity contribution in [1.82, 2.24) is 14.9 Å². The van der Waals surface area contributed by atoms with Crippen molar-refractivity contribution in [3.63, 3.8) is 0 Å². The lowest BCUT2D eigenvalue weighted by Gasteiger charge is -2.16. The van der Waals surface area contributed by atoms with Gasteiger partial charge in [-0.05, 0) is 37.2 Å². The van der Waals surface area contributed by atoms with Crippen LogP contribution in [0.25, 0.3) is 10.2 Å². The molecule has 0 fully saturated rings. The fourth-order valence-corrected chi connectivity index (χ4v) is 4.31. The third-order valence-corrected chi connectivity index (χ3v) is 6.04. The molecule has 0 radical (unpaired) electrons. The van der Waals surface area contributed by atoms with Crippen LogP contribution in [0.4, 0.5) is 0 Å². The SMILES string of the molecule is COCCOC(=O)c1sc2nc(CN(C)Cc3ccc(Br)cc3)[nH]c(=O)c2c1C. The van der Waals surface area contributed by atoms with Gasteiger partial charge in [0.15, 0.2) is 0 Å². The third kappa shape index (κ3) is 5.30. The molecule has 0 bridgehead atoms. The number of carbonyl (C=O) groups excluding carboxylic acids is 1. The van der Waals surface area contributed by atoms with E-state index in [0.29, 0.717) is 39.6 Å². The first kappa shape index (κ1) is 21.6. The minimum Gasteiger partial charge on any atom is -0.459 e. The highest BCUT2D eigenvalue weighted by Crippen LogP contribution is 2.27. The summed E-state index contributed by atoms with van der Waals surface area (Å²) in [5.41, 5.74) is 1.51. The molecular weight excluding hydrogens is 458 g/mol. The van der Waals surface area contributed by atoms with E-state index in [1.807, 2.05) is 31.3 Å². The first-order valence-electron chi connectivity index (χ1n) is 9.00. The fourth-order valence-electron chi connectivity index (χ4n) is 2.95. The molecule has 0 aliphatic rings. The van der Waals surface area contributed by atoms with E-state index in [-0.39, 0.29) is 12.2 Å². The number of esters is 1. The standard InChI is InChI=1S/C20H22BrN3O4S/c1-12-16-18(25)22-15(11-24(2)10-13-4-6-14(21)7-5-13)23-19(16)29-17(12)20(26)28-9-8-27-3/h4-7H,8-11H2,1-3H3,(H,22,23,25). The molecule has 1 aromatic carbocycles. The number of carbonyl (C=O) groups is 1. The van der Waals surface area contributed by atoms with Gasteiger partial charge in [-0.3, -0.25) is 9.69 Å². The maximum absolute atomic E-state index is 12.6. The van der Waals surface area contributed by atoms with Crippen LogP contribution < -0.4 is 5.56 Å². The van der Waals surface area contributed by atoms with E-state index in [0.717, 1.165) is 16.6 Å². The Bertz CT molecular complexity index is 1060. The van der Waals surface area contributed by atoms with Gasteiger partial charge in [-0.15, -0.1) is 11.3 Å². The third-order valence-electron chi connectivity index (χ3n) is 4.34. The molecule has 1 N–H and O–H groups in total. The van der Waals surface area contributed by atoms with Crippen molar-refractivity contribution in [3.05, 3.63) is 60.9 Å². The van der Waals surface area contributed by atoms with Crippen molar-refractivity contribution in [1.29, 1.82) is 0 Å². The van der Waals surface area contributed by atoms with Gasteiger partial charge in [-0.2, -0.15) is 0 Å². The molecule has 0 saturated heterocycles. The molecule has 29 heavy (non-hydrogen) atoms. The van der Waals surface area contributed by atoms with Crippen LogP contribution in [0.3, 0.4) is 0 Å². The summed E-state index contributed by atoms with van der Waals surface area (Å²) in [6, 6.07) is 8.09. The molecule has 0 saturated carbocycles. The smallest absolute Gasteiger partial charge is 0.348 e. The van der Waals surface area contributed by atoms with Gasteiger partial charge in [0.1, 0.15) is 22.1 Å². The Morgan fingerprint density at radius 3 is 2.66 bits per heavy atom. The number of thiophene rings is 1. The second-order valence-electron chi connectivity index (χ2n) is 6.68. The second-order valence-corrected chi connectivity index (χ2v) is 8.59. The van der Waals surface area contributed by atoms with E-state index in [2.05, 4.69) is 30.8 Å². The summed E-state index contributed by atoms with van der Waals surface area (Å²) in [5.74, 6) is 0.0959. The molecule has 0 unspecified atom stereocenters.